The Morgan fingerprint density at radius 3 is 2.41 bits per heavy atom. The minimum absolute atomic E-state index is 0.151. The molecule has 0 spiro atoms. The van der Waals surface area contributed by atoms with Gasteiger partial charge in [-0.1, -0.05) is 5.16 Å². The quantitative estimate of drug-likeness (QED) is 0.622. The third-order valence-corrected chi connectivity index (χ3v) is 6.87. The predicted molar refractivity (Wildman–Crippen MR) is 108 cm³/mol. The number of aromatic nitrogens is 4. The van der Waals surface area contributed by atoms with E-state index in [2.05, 4.69) is 20.0 Å². The van der Waals surface area contributed by atoms with Gasteiger partial charge in [0.15, 0.2) is 5.82 Å². The summed E-state index contributed by atoms with van der Waals surface area (Å²) in [5.41, 5.74) is 3.22. The van der Waals surface area contributed by atoms with Crippen LogP contribution >= 0.6 is 0 Å². The van der Waals surface area contributed by atoms with E-state index in [9.17, 15) is 8.42 Å². The zero-order valence-electron chi connectivity index (χ0n) is 16.3. The van der Waals surface area contributed by atoms with Gasteiger partial charge in [0.2, 0.25) is 10.0 Å². The van der Waals surface area contributed by atoms with Crippen molar-refractivity contribution in [3.8, 4) is 11.4 Å². The molecule has 3 aromatic heterocycles. The van der Waals surface area contributed by atoms with Crippen LogP contribution in [-0.2, 0) is 15.8 Å². The minimum atomic E-state index is -3.44. The van der Waals surface area contributed by atoms with Crippen LogP contribution in [-0.4, -0.2) is 59.0 Å². The Balaban J connectivity index is 1.52. The van der Waals surface area contributed by atoms with E-state index < -0.39 is 10.0 Å². The zero-order valence-corrected chi connectivity index (χ0v) is 17.1. The van der Waals surface area contributed by atoms with Crippen LogP contribution in [0.1, 0.15) is 17.0 Å². The van der Waals surface area contributed by atoms with Gasteiger partial charge in [0.1, 0.15) is 17.8 Å². The van der Waals surface area contributed by atoms with Crippen molar-refractivity contribution < 1.29 is 12.9 Å². The largest absolute Gasteiger partial charge is 0.364 e. The molecule has 1 aliphatic heterocycles. The Kier molecular flexibility index (Phi) is 5.29. The molecule has 1 aliphatic rings. The lowest BCUT2D eigenvalue weighted by Crippen LogP contribution is -2.49. The molecule has 4 rings (SSSR count). The summed E-state index contributed by atoms with van der Waals surface area (Å²) in [7, 11) is -3.44. The van der Waals surface area contributed by atoms with Crippen LogP contribution in [0.25, 0.3) is 11.4 Å². The summed E-state index contributed by atoms with van der Waals surface area (Å²) in [6.45, 7) is 5.87. The highest BCUT2D eigenvalue weighted by Crippen LogP contribution is 2.25. The van der Waals surface area contributed by atoms with E-state index in [0.29, 0.717) is 37.7 Å². The molecule has 0 aromatic carbocycles. The maximum Gasteiger partial charge on any atom is 0.220 e. The SMILES string of the molecule is Cc1nc(-c2ccncc2)nc(N2CCN(S(=O)(=O)Cc3ccon3)CC2)c1C. The topological polar surface area (TPSA) is 105 Å². The second kappa shape index (κ2) is 7.88. The fraction of sp³-hybridized carbons (Fsp3) is 0.368. The Labute approximate surface area is 169 Å². The molecule has 4 heterocycles. The van der Waals surface area contributed by atoms with Crippen molar-refractivity contribution in [2.24, 2.45) is 0 Å². The van der Waals surface area contributed by atoms with Crippen molar-refractivity contribution in [3.63, 3.8) is 0 Å². The molecular weight excluding hydrogens is 392 g/mol. The average Bonchev–Trinajstić information content (AvgIpc) is 3.23. The summed E-state index contributed by atoms with van der Waals surface area (Å²) in [6.07, 6.45) is 4.81. The molecule has 10 heteroatoms. The molecule has 152 valence electrons. The van der Waals surface area contributed by atoms with Crippen LogP contribution in [0.4, 0.5) is 5.82 Å². The summed E-state index contributed by atoms with van der Waals surface area (Å²) in [5, 5.41) is 3.71. The van der Waals surface area contributed by atoms with Crippen molar-refractivity contribution >= 4 is 15.8 Å². The van der Waals surface area contributed by atoms with E-state index in [4.69, 9.17) is 9.51 Å². The number of hydrogen-bond acceptors (Lipinski definition) is 8. The van der Waals surface area contributed by atoms with Crippen LogP contribution in [0, 0.1) is 13.8 Å². The summed E-state index contributed by atoms with van der Waals surface area (Å²) in [6, 6.07) is 5.33. The van der Waals surface area contributed by atoms with E-state index in [-0.39, 0.29) is 5.75 Å². The molecular formula is C19H22N6O3S. The van der Waals surface area contributed by atoms with E-state index in [1.807, 2.05) is 26.0 Å². The summed E-state index contributed by atoms with van der Waals surface area (Å²) in [4.78, 5) is 15.5. The monoisotopic (exact) mass is 414 g/mol. The number of hydrogen-bond donors (Lipinski definition) is 0. The number of sulfonamides is 1. The molecule has 0 bridgehead atoms. The highest BCUT2D eigenvalue weighted by Gasteiger charge is 2.29. The van der Waals surface area contributed by atoms with Gasteiger partial charge in [-0.05, 0) is 26.0 Å². The maximum atomic E-state index is 12.7. The Hall–Kier alpha value is -2.85. The van der Waals surface area contributed by atoms with E-state index in [1.54, 1.807) is 18.5 Å². The van der Waals surface area contributed by atoms with Gasteiger partial charge in [0.25, 0.3) is 0 Å². The number of anilines is 1. The van der Waals surface area contributed by atoms with Crippen molar-refractivity contribution in [1.82, 2.24) is 24.4 Å². The number of pyridine rings is 1. The van der Waals surface area contributed by atoms with E-state index in [1.165, 1.54) is 10.6 Å². The summed E-state index contributed by atoms with van der Waals surface area (Å²) >= 11 is 0. The van der Waals surface area contributed by atoms with Crippen LogP contribution in [0.2, 0.25) is 0 Å². The Morgan fingerprint density at radius 2 is 1.76 bits per heavy atom. The summed E-state index contributed by atoms with van der Waals surface area (Å²) in [5.74, 6) is 1.34. The molecule has 9 nitrogen and oxygen atoms in total. The van der Waals surface area contributed by atoms with Gasteiger partial charge in [-0.25, -0.2) is 18.4 Å². The molecule has 0 atom stereocenters. The lowest BCUT2D eigenvalue weighted by atomic mass is 10.2. The number of aryl methyl sites for hydroxylation is 1. The third kappa shape index (κ3) is 4.13. The predicted octanol–water partition coefficient (Wildman–Crippen LogP) is 1.80. The molecule has 0 saturated carbocycles. The molecule has 0 aliphatic carbocycles. The van der Waals surface area contributed by atoms with Crippen LogP contribution in [0.5, 0.6) is 0 Å². The first kappa shape index (κ1) is 19.5. The first-order valence-corrected chi connectivity index (χ1v) is 10.9. The fourth-order valence-corrected chi connectivity index (χ4v) is 4.74. The standard InChI is InChI=1S/C19H22N6O3S/c1-14-15(2)21-18(16-3-6-20-7-4-16)22-19(14)24-8-10-25(11-9-24)29(26,27)13-17-5-12-28-23-17/h3-7,12H,8-11,13H2,1-2H3. The summed E-state index contributed by atoms with van der Waals surface area (Å²) < 4.78 is 31.5. The molecule has 1 fully saturated rings. The molecule has 0 N–H and O–H groups in total. The minimum Gasteiger partial charge on any atom is -0.364 e. The first-order valence-electron chi connectivity index (χ1n) is 9.32. The molecule has 0 amide bonds. The van der Waals surface area contributed by atoms with Crippen LogP contribution in [0.15, 0.2) is 41.4 Å². The molecule has 0 unspecified atom stereocenters. The first-order chi connectivity index (χ1) is 13.9. The number of nitrogens with zero attached hydrogens (tertiary/aromatic N) is 6. The van der Waals surface area contributed by atoms with Crippen molar-refractivity contribution in [2.75, 3.05) is 31.1 Å². The average molecular weight is 414 g/mol. The Bertz CT molecular complexity index is 1080. The van der Waals surface area contributed by atoms with Crippen molar-refractivity contribution in [1.29, 1.82) is 0 Å². The molecule has 1 saturated heterocycles. The highest BCUT2D eigenvalue weighted by atomic mass is 32.2. The number of rotatable bonds is 5. The fourth-order valence-electron chi connectivity index (χ4n) is 3.32. The van der Waals surface area contributed by atoms with Crippen LogP contribution in [0.3, 0.4) is 0 Å². The maximum absolute atomic E-state index is 12.7. The Morgan fingerprint density at radius 1 is 1.03 bits per heavy atom. The lowest BCUT2D eigenvalue weighted by Gasteiger charge is -2.35. The van der Waals surface area contributed by atoms with Gasteiger partial charge in [-0.2, -0.15) is 4.31 Å². The smallest absolute Gasteiger partial charge is 0.220 e. The van der Waals surface area contributed by atoms with Gasteiger partial charge in [-0.15, -0.1) is 0 Å². The van der Waals surface area contributed by atoms with Crippen molar-refractivity contribution in [2.45, 2.75) is 19.6 Å². The zero-order chi connectivity index (χ0) is 20.4. The van der Waals surface area contributed by atoms with Gasteiger partial charge in [0.05, 0.1) is 5.69 Å². The third-order valence-electron chi connectivity index (χ3n) is 5.06. The molecule has 0 radical (unpaired) electrons. The van der Waals surface area contributed by atoms with Crippen LogP contribution < -0.4 is 4.90 Å². The highest BCUT2D eigenvalue weighted by molar-refractivity contribution is 7.88. The second-order valence-electron chi connectivity index (χ2n) is 6.95. The van der Waals surface area contributed by atoms with Gasteiger partial charge < -0.3 is 9.42 Å². The van der Waals surface area contributed by atoms with Gasteiger partial charge in [0, 0.05) is 61.5 Å². The normalized spacial score (nSPS) is 15.6. The number of piperazine rings is 1. The second-order valence-corrected chi connectivity index (χ2v) is 8.92. The lowest BCUT2D eigenvalue weighted by molar-refractivity contribution is 0.380. The molecule has 29 heavy (non-hydrogen) atoms. The van der Waals surface area contributed by atoms with Gasteiger partial charge >= 0.3 is 0 Å². The van der Waals surface area contributed by atoms with E-state index in [0.717, 1.165) is 22.6 Å². The van der Waals surface area contributed by atoms with E-state index >= 15 is 0 Å². The van der Waals surface area contributed by atoms with Gasteiger partial charge in [-0.3, -0.25) is 4.98 Å². The van der Waals surface area contributed by atoms with Crippen molar-refractivity contribution in [3.05, 3.63) is 53.8 Å². The molecule has 3 aromatic rings.